The maximum atomic E-state index is 13.1. The molecule has 4 aromatic rings. The van der Waals surface area contributed by atoms with Gasteiger partial charge >= 0.3 is 0 Å². The minimum Gasteiger partial charge on any atom is -0.354 e. The molecule has 3 heteroatoms. The zero-order chi connectivity index (χ0) is 14.4. The summed E-state index contributed by atoms with van der Waals surface area (Å²) in [5, 5.41) is 2.45. The fourth-order valence-corrected chi connectivity index (χ4v) is 3.59. The zero-order valence-corrected chi connectivity index (χ0v) is 13.2. The largest absolute Gasteiger partial charge is 0.354 e. The second-order valence-electron chi connectivity index (χ2n) is 5.02. The van der Waals surface area contributed by atoms with Crippen LogP contribution in [-0.4, -0.2) is 4.98 Å². The Labute approximate surface area is 134 Å². The fourth-order valence-electron chi connectivity index (χ4n) is 2.80. The summed E-state index contributed by atoms with van der Waals surface area (Å²) in [6, 6.07) is 19.1. The third-order valence-electron chi connectivity index (χ3n) is 3.76. The molecule has 21 heavy (non-hydrogen) atoms. The molecule has 0 saturated carbocycles. The molecule has 1 nitrogen and oxygen atoms in total. The van der Waals surface area contributed by atoms with Crippen LogP contribution in [0.4, 0.5) is 4.39 Å². The van der Waals surface area contributed by atoms with Gasteiger partial charge in [-0.1, -0.05) is 36.4 Å². The highest BCUT2D eigenvalue weighted by Crippen LogP contribution is 2.35. The predicted octanol–water partition coefficient (Wildman–Crippen LogP) is 5.73. The van der Waals surface area contributed by atoms with Crippen LogP contribution in [0.2, 0.25) is 0 Å². The van der Waals surface area contributed by atoms with E-state index in [9.17, 15) is 4.39 Å². The molecule has 1 aromatic heterocycles. The molecule has 0 spiro atoms. The smallest absolute Gasteiger partial charge is 0.123 e. The van der Waals surface area contributed by atoms with Crippen LogP contribution in [0.5, 0.6) is 0 Å². The van der Waals surface area contributed by atoms with E-state index in [2.05, 4.69) is 64.0 Å². The summed E-state index contributed by atoms with van der Waals surface area (Å²) < 4.78 is 14.4. The summed E-state index contributed by atoms with van der Waals surface area (Å²) in [6.07, 6.45) is 0. The summed E-state index contributed by atoms with van der Waals surface area (Å²) in [5.74, 6) is -0.211. The molecular formula is C18H11FIN. The SMILES string of the molecule is Fc1ccc(-c2cccc3c2[nH]c2cccc(I)c23)cc1. The van der Waals surface area contributed by atoms with Gasteiger partial charge in [0.1, 0.15) is 5.82 Å². The minimum absolute atomic E-state index is 0.211. The molecule has 0 aliphatic rings. The van der Waals surface area contributed by atoms with Crippen LogP contribution in [0.3, 0.4) is 0 Å². The molecule has 1 N–H and O–H groups in total. The van der Waals surface area contributed by atoms with Crippen molar-refractivity contribution in [2.45, 2.75) is 0 Å². The van der Waals surface area contributed by atoms with Crippen molar-refractivity contribution in [3.63, 3.8) is 0 Å². The van der Waals surface area contributed by atoms with Crippen LogP contribution in [0.15, 0.2) is 60.7 Å². The second-order valence-corrected chi connectivity index (χ2v) is 6.18. The Morgan fingerprint density at radius 3 is 2.43 bits per heavy atom. The van der Waals surface area contributed by atoms with E-state index in [0.29, 0.717) is 0 Å². The summed E-state index contributed by atoms with van der Waals surface area (Å²) in [6.45, 7) is 0. The fraction of sp³-hybridized carbons (Fsp3) is 0. The van der Waals surface area contributed by atoms with E-state index in [1.807, 2.05) is 12.1 Å². The first-order chi connectivity index (χ1) is 10.2. The summed E-state index contributed by atoms with van der Waals surface area (Å²) in [5.41, 5.74) is 4.35. The summed E-state index contributed by atoms with van der Waals surface area (Å²) in [7, 11) is 0. The zero-order valence-electron chi connectivity index (χ0n) is 11.0. The van der Waals surface area contributed by atoms with Crippen molar-refractivity contribution in [3.8, 4) is 11.1 Å². The molecule has 3 aromatic carbocycles. The Balaban J connectivity index is 2.09. The first-order valence-electron chi connectivity index (χ1n) is 6.69. The van der Waals surface area contributed by atoms with Gasteiger partial charge in [0.05, 0.1) is 5.52 Å². The summed E-state index contributed by atoms with van der Waals surface area (Å²) in [4.78, 5) is 3.50. The lowest BCUT2D eigenvalue weighted by atomic mass is 10.0. The molecule has 1 heterocycles. The number of nitrogens with one attached hydrogen (secondary N) is 1. The molecule has 0 radical (unpaired) electrons. The van der Waals surface area contributed by atoms with Gasteiger partial charge in [-0.05, 0) is 52.4 Å². The van der Waals surface area contributed by atoms with E-state index < -0.39 is 0 Å². The summed E-state index contributed by atoms with van der Waals surface area (Å²) >= 11 is 2.36. The number of halogens is 2. The monoisotopic (exact) mass is 387 g/mol. The number of aromatic nitrogens is 1. The van der Waals surface area contributed by atoms with E-state index in [4.69, 9.17) is 0 Å². The quantitative estimate of drug-likeness (QED) is 0.402. The van der Waals surface area contributed by atoms with Crippen LogP contribution in [0.1, 0.15) is 0 Å². The predicted molar refractivity (Wildman–Crippen MR) is 93.9 cm³/mol. The van der Waals surface area contributed by atoms with Gasteiger partial charge in [-0.3, -0.25) is 0 Å². The number of aromatic amines is 1. The first-order valence-corrected chi connectivity index (χ1v) is 7.77. The lowest BCUT2D eigenvalue weighted by Gasteiger charge is -2.03. The third-order valence-corrected chi connectivity index (χ3v) is 4.66. The highest BCUT2D eigenvalue weighted by molar-refractivity contribution is 14.1. The molecule has 0 fully saturated rings. The van der Waals surface area contributed by atoms with E-state index in [0.717, 1.165) is 22.2 Å². The molecular weight excluding hydrogens is 376 g/mol. The van der Waals surface area contributed by atoms with Crippen LogP contribution < -0.4 is 0 Å². The average Bonchev–Trinajstić information content (AvgIpc) is 2.88. The van der Waals surface area contributed by atoms with Gasteiger partial charge in [0.2, 0.25) is 0 Å². The highest BCUT2D eigenvalue weighted by atomic mass is 127. The maximum absolute atomic E-state index is 13.1. The number of rotatable bonds is 1. The Kier molecular flexibility index (Phi) is 2.96. The minimum atomic E-state index is -0.211. The number of hydrogen-bond acceptors (Lipinski definition) is 0. The lowest BCUT2D eigenvalue weighted by molar-refractivity contribution is 0.628. The number of H-pyrrole nitrogens is 1. The van der Waals surface area contributed by atoms with Crippen molar-refractivity contribution >= 4 is 44.4 Å². The van der Waals surface area contributed by atoms with Crippen molar-refractivity contribution in [1.82, 2.24) is 4.98 Å². The third kappa shape index (κ3) is 2.03. The van der Waals surface area contributed by atoms with Crippen LogP contribution >= 0.6 is 22.6 Å². The van der Waals surface area contributed by atoms with Crippen molar-refractivity contribution in [2.75, 3.05) is 0 Å². The molecule has 0 unspecified atom stereocenters. The Morgan fingerprint density at radius 2 is 1.62 bits per heavy atom. The highest BCUT2D eigenvalue weighted by Gasteiger charge is 2.11. The normalized spacial score (nSPS) is 11.3. The van der Waals surface area contributed by atoms with E-state index in [1.165, 1.54) is 26.5 Å². The average molecular weight is 387 g/mol. The van der Waals surface area contributed by atoms with E-state index in [-0.39, 0.29) is 5.82 Å². The van der Waals surface area contributed by atoms with Crippen LogP contribution in [-0.2, 0) is 0 Å². The molecule has 0 atom stereocenters. The van der Waals surface area contributed by atoms with Crippen molar-refractivity contribution in [1.29, 1.82) is 0 Å². The second kappa shape index (κ2) is 4.84. The Bertz CT molecular complexity index is 954. The molecule has 0 aliphatic carbocycles. The molecule has 0 saturated heterocycles. The van der Waals surface area contributed by atoms with Gasteiger partial charge in [0.25, 0.3) is 0 Å². The Morgan fingerprint density at radius 1 is 0.857 bits per heavy atom. The van der Waals surface area contributed by atoms with E-state index >= 15 is 0 Å². The van der Waals surface area contributed by atoms with Crippen LogP contribution in [0.25, 0.3) is 32.9 Å². The number of fused-ring (bicyclic) bond motifs is 3. The van der Waals surface area contributed by atoms with Crippen molar-refractivity contribution in [2.24, 2.45) is 0 Å². The molecule has 0 amide bonds. The van der Waals surface area contributed by atoms with Gasteiger partial charge in [-0.25, -0.2) is 4.39 Å². The van der Waals surface area contributed by atoms with Crippen molar-refractivity contribution in [3.05, 3.63) is 70.1 Å². The van der Waals surface area contributed by atoms with Gasteiger partial charge < -0.3 is 4.98 Å². The molecule has 4 rings (SSSR count). The van der Waals surface area contributed by atoms with Gasteiger partial charge in [-0.2, -0.15) is 0 Å². The number of para-hydroxylation sites is 1. The van der Waals surface area contributed by atoms with E-state index in [1.54, 1.807) is 0 Å². The first kappa shape index (κ1) is 12.8. The van der Waals surface area contributed by atoms with Gasteiger partial charge in [-0.15, -0.1) is 0 Å². The van der Waals surface area contributed by atoms with Crippen molar-refractivity contribution < 1.29 is 4.39 Å². The Hall–Kier alpha value is -1.88. The lowest BCUT2D eigenvalue weighted by Crippen LogP contribution is -1.81. The number of hydrogen-bond donors (Lipinski definition) is 1. The standard InChI is InChI=1S/C18H11FIN/c19-12-9-7-11(8-10-12)13-3-1-4-14-17-15(20)5-2-6-16(17)21-18(13)14/h1-10,21H. The molecule has 0 aliphatic heterocycles. The van der Waals surface area contributed by atoms with Gasteiger partial charge in [0, 0.05) is 25.4 Å². The van der Waals surface area contributed by atoms with Gasteiger partial charge in [0.15, 0.2) is 0 Å². The molecule has 0 bridgehead atoms. The topological polar surface area (TPSA) is 15.8 Å². The number of benzene rings is 3. The maximum Gasteiger partial charge on any atom is 0.123 e. The van der Waals surface area contributed by atoms with Crippen LogP contribution in [0, 0.1) is 9.39 Å². The molecule has 102 valence electrons.